The molecule has 1 aliphatic heterocycles. The molecule has 0 amide bonds. The molecule has 0 fully saturated rings. The minimum atomic E-state index is -0.342. The van der Waals surface area contributed by atoms with E-state index >= 15 is 0 Å². The van der Waals surface area contributed by atoms with Gasteiger partial charge >= 0.3 is 0 Å². The van der Waals surface area contributed by atoms with Crippen molar-refractivity contribution in [3.8, 4) is 67.7 Å². The second-order valence-electron chi connectivity index (χ2n) is 14.4. The third-order valence-corrected chi connectivity index (χ3v) is 10.5. The zero-order valence-electron chi connectivity index (χ0n) is 32.5. The number of nitrogens with one attached hydrogen (secondary N) is 1. The van der Waals surface area contributed by atoms with Gasteiger partial charge in [-0.25, -0.2) is 24.9 Å². The standard InChI is InChI=1S/C53H37N7/c1-4-18-36(19-5-1)48-55-49(37-20-6-2-7-21-37)57-51(56-48)41-26-16-24-39(34-41)43-28-10-12-30-45(43)46-31-13-11-29-44(46)40-25-17-27-42(35-40)52-58-50(38-22-8-3-9-23-38)59-53(60-52)47-32-14-15-33-54-47/h1-35,51H,(H,55,56,57). The summed E-state index contributed by atoms with van der Waals surface area (Å²) in [6.45, 7) is 0. The SMILES string of the molecule is c1ccc(C2=NC(c3cccc(-c4ccccc4-c4ccccc4-c4cccc(-c5nc(-c6ccccc6)nc(-c6ccccn6)n5)c4)c3)NC(c3ccccc3)=N2)cc1. The first kappa shape index (κ1) is 36.2. The van der Waals surface area contributed by atoms with Crippen LogP contribution in [0.25, 0.3) is 67.7 Å². The molecule has 7 nitrogen and oxygen atoms in total. The highest BCUT2D eigenvalue weighted by Crippen LogP contribution is 2.40. The Morgan fingerprint density at radius 3 is 1.52 bits per heavy atom. The highest BCUT2D eigenvalue weighted by Gasteiger charge is 2.22. The maximum absolute atomic E-state index is 5.15. The van der Waals surface area contributed by atoms with E-state index in [9.17, 15) is 0 Å². The summed E-state index contributed by atoms with van der Waals surface area (Å²) in [6, 6.07) is 70.4. The van der Waals surface area contributed by atoms with Crippen LogP contribution in [0, 0.1) is 0 Å². The van der Waals surface area contributed by atoms with Gasteiger partial charge in [0.15, 0.2) is 23.3 Å². The van der Waals surface area contributed by atoms with Crippen molar-refractivity contribution in [2.24, 2.45) is 9.98 Å². The number of rotatable bonds is 9. The highest BCUT2D eigenvalue weighted by molar-refractivity contribution is 6.13. The number of benzene rings is 7. The monoisotopic (exact) mass is 771 g/mol. The minimum absolute atomic E-state index is 0.342. The van der Waals surface area contributed by atoms with E-state index in [2.05, 4.69) is 132 Å². The summed E-state index contributed by atoms with van der Waals surface area (Å²) in [5.41, 5.74) is 12.1. The van der Waals surface area contributed by atoms with Crippen molar-refractivity contribution in [1.29, 1.82) is 0 Å². The molecule has 1 aliphatic rings. The topological polar surface area (TPSA) is 88.3 Å². The second kappa shape index (κ2) is 16.4. The van der Waals surface area contributed by atoms with Gasteiger partial charge in [-0.3, -0.25) is 4.98 Å². The average Bonchev–Trinajstić information content (AvgIpc) is 3.35. The first-order valence-corrected chi connectivity index (χ1v) is 19.9. The quantitative estimate of drug-likeness (QED) is 0.158. The summed E-state index contributed by atoms with van der Waals surface area (Å²) >= 11 is 0. The normalized spacial score (nSPS) is 13.5. The van der Waals surface area contributed by atoms with Gasteiger partial charge < -0.3 is 5.32 Å². The summed E-state index contributed by atoms with van der Waals surface area (Å²) in [5.74, 6) is 3.18. The van der Waals surface area contributed by atoms with Crippen LogP contribution in [0.15, 0.2) is 222 Å². The summed E-state index contributed by atoms with van der Waals surface area (Å²) in [4.78, 5) is 29.5. The molecule has 2 aromatic heterocycles. The van der Waals surface area contributed by atoms with Crippen LogP contribution in [0.1, 0.15) is 22.9 Å². The van der Waals surface area contributed by atoms with Crippen LogP contribution in [-0.2, 0) is 0 Å². The summed E-state index contributed by atoms with van der Waals surface area (Å²) < 4.78 is 0. The Labute approximate surface area is 348 Å². The third kappa shape index (κ3) is 7.51. The smallest absolute Gasteiger partial charge is 0.182 e. The second-order valence-corrected chi connectivity index (χ2v) is 14.4. The van der Waals surface area contributed by atoms with Crippen LogP contribution in [0.3, 0.4) is 0 Å². The third-order valence-electron chi connectivity index (χ3n) is 10.5. The number of nitrogens with zero attached hydrogens (tertiary/aromatic N) is 6. The molecule has 7 heteroatoms. The van der Waals surface area contributed by atoms with Gasteiger partial charge in [0.2, 0.25) is 0 Å². The molecule has 1 N–H and O–H groups in total. The van der Waals surface area contributed by atoms with Crippen LogP contribution >= 0.6 is 0 Å². The summed E-state index contributed by atoms with van der Waals surface area (Å²) in [5, 5.41) is 3.63. The fourth-order valence-electron chi connectivity index (χ4n) is 7.55. The Balaban J connectivity index is 1.03. The fourth-order valence-corrected chi connectivity index (χ4v) is 7.55. The lowest BCUT2D eigenvalue weighted by molar-refractivity contribution is 0.674. The van der Waals surface area contributed by atoms with Crippen LogP contribution in [0.4, 0.5) is 0 Å². The van der Waals surface area contributed by atoms with E-state index in [0.29, 0.717) is 29.0 Å². The molecule has 7 aromatic carbocycles. The van der Waals surface area contributed by atoms with E-state index in [4.69, 9.17) is 24.9 Å². The van der Waals surface area contributed by atoms with Crippen molar-refractivity contribution in [2.75, 3.05) is 0 Å². The number of aromatic nitrogens is 4. The van der Waals surface area contributed by atoms with Crippen molar-refractivity contribution in [1.82, 2.24) is 25.3 Å². The Hall–Kier alpha value is -8.16. The molecule has 0 aliphatic carbocycles. The number of pyridine rings is 1. The van der Waals surface area contributed by atoms with Crippen molar-refractivity contribution in [3.63, 3.8) is 0 Å². The molecule has 60 heavy (non-hydrogen) atoms. The first-order valence-electron chi connectivity index (χ1n) is 19.9. The van der Waals surface area contributed by atoms with Crippen molar-refractivity contribution in [2.45, 2.75) is 6.17 Å². The Morgan fingerprint density at radius 2 is 0.867 bits per heavy atom. The van der Waals surface area contributed by atoms with Crippen LogP contribution in [0.2, 0.25) is 0 Å². The number of amidine groups is 2. The van der Waals surface area contributed by atoms with E-state index in [-0.39, 0.29) is 6.17 Å². The fraction of sp³-hybridized carbons (Fsp3) is 0.0189. The summed E-state index contributed by atoms with van der Waals surface area (Å²) in [7, 11) is 0. The van der Waals surface area contributed by atoms with Crippen LogP contribution in [-0.4, -0.2) is 31.6 Å². The molecule has 9 aromatic rings. The molecule has 1 atom stereocenters. The van der Waals surface area contributed by atoms with E-state index in [0.717, 1.165) is 67.0 Å². The van der Waals surface area contributed by atoms with Gasteiger partial charge in [-0.1, -0.05) is 182 Å². The Bertz CT molecular complexity index is 2950. The van der Waals surface area contributed by atoms with Gasteiger partial charge in [-0.2, -0.15) is 0 Å². The van der Waals surface area contributed by atoms with Crippen molar-refractivity contribution in [3.05, 3.63) is 229 Å². The number of hydrogen-bond acceptors (Lipinski definition) is 7. The molecule has 1 unspecified atom stereocenters. The minimum Gasteiger partial charge on any atom is -0.344 e. The van der Waals surface area contributed by atoms with Crippen LogP contribution < -0.4 is 5.32 Å². The molecule has 0 saturated heterocycles. The predicted molar refractivity (Wildman–Crippen MR) is 242 cm³/mol. The van der Waals surface area contributed by atoms with E-state index < -0.39 is 0 Å². The predicted octanol–water partition coefficient (Wildman–Crippen LogP) is 11.8. The van der Waals surface area contributed by atoms with Gasteiger partial charge in [0.05, 0.1) is 0 Å². The van der Waals surface area contributed by atoms with Gasteiger partial charge in [-0.15, -0.1) is 0 Å². The number of hydrogen-bond donors (Lipinski definition) is 1. The van der Waals surface area contributed by atoms with E-state index in [1.54, 1.807) is 6.20 Å². The molecule has 0 radical (unpaired) electrons. The lowest BCUT2D eigenvalue weighted by Crippen LogP contribution is -2.33. The van der Waals surface area contributed by atoms with Gasteiger partial charge in [-0.05, 0) is 63.2 Å². The molecule has 0 bridgehead atoms. The Morgan fingerprint density at radius 1 is 0.367 bits per heavy atom. The highest BCUT2D eigenvalue weighted by atomic mass is 15.2. The molecular formula is C53H37N7. The molecule has 0 saturated carbocycles. The first-order chi connectivity index (χ1) is 29.7. The van der Waals surface area contributed by atoms with E-state index in [1.165, 1.54) is 0 Å². The molecule has 284 valence electrons. The van der Waals surface area contributed by atoms with Crippen molar-refractivity contribution < 1.29 is 0 Å². The van der Waals surface area contributed by atoms with Crippen LogP contribution in [0.5, 0.6) is 0 Å². The Kier molecular flexibility index (Phi) is 9.87. The summed E-state index contributed by atoms with van der Waals surface area (Å²) in [6.07, 6.45) is 1.41. The zero-order valence-corrected chi connectivity index (χ0v) is 32.5. The molecule has 10 rings (SSSR count). The molecule has 0 spiro atoms. The van der Waals surface area contributed by atoms with Crippen molar-refractivity contribution >= 4 is 11.7 Å². The van der Waals surface area contributed by atoms with E-state index in [1.807, 2.05) is 84.9 Å². The maximum atomic E-state index is 5.15. The number of aliphatic imine (C=N–C) groups is 2. The average molecular weight is 772 g/mol. The van der Waals surface area contributed by atoms with Gasteiger partial charge in [0, 0.05) is 28.5 Å². The maximum Gasteiger partial charge on any atom is 0.182 e. The lowest BCUT2D eigenvalue weighted by Gasteiger charge is -2.24. The zero-order chi connectivity index (χ0) is 40.1. The molecule has 3 heterocycles. The van der Waals surface area contributed by atoms with Gasteiger partial charge in [0.1, 0.15) is 17.7 Å². The van der Waals surface area contributed by atoms with Gasteiger partial charge in [0.25, 0.3) is 0 Å². The molecular weight excluding hydrogens is 735 g/mol. The lowest BCUT2D eigenvalue weighted by atomic mass is 9.88. The largest absolute Gasteiger partial charge is 0.344 e.